The lowest BCUT2D eigenvalue weighted by Gasteiger charge is -2.29. The largest absolute Gasteiger partial charge is 0.493 e. The summed E-state index contributed by atoms with van der Waals surface area (Å²) in [5.74, 6) is 1.25. The first-order chi connectivity index (χ1) is 11.4. The van der Waals surface area contributed by atoms with E-state index in [-0.39, 0.29) is 24.5 Å². The van der Waals surface area contributed by atoms with E-state index in [0.717, 1.165) is 17.5 Å². The number of hydrogen-bond donors (Lipinski definition) is 2. The number of ether oxygens (including phenoxy) is 2. The Morgan fingerprint density at radius 2 is 1.79 bits per heavy atom. The highest BCUT2D eigenvalue weighted by Gasteiger charge is 2.23. The Bertz CT molecular complexity index is 616. The Morgan fingerprint density at radius 3 is 2.38 bits per heavy atom. The van der Waals surface area contributed by atoms with Crippen molar-refractivity contribution < 1.29 is 19.1 Å². The van der Waals surface area contributed by atoms with Gasteiger partial charge >= 0.3 is 6.03 Å². The zero-order valence-electron chi connectivity index (χ0n) is 14.6. The van der Waals surface area contributed by atoms with Gasteiger partial charge in [-0.3, -0.25) is 4.79 Å². The number of benzene rings is 1. The predicted molar refractivity (Wildman–Crippen MR) is 90.3 cm³/mol. The number of methoxy groups -OCH3 is 2. The molecule has 0 saturated heterocycles. The van der Waals surface area contributed by atoms with Gasteiger partial charge in [0.05, 0.1) is 20.8 Å². The maximum absolute atomic E-state index is 12.3. The molecule has 1 aromatic rings. The quantitative estimate of drug-likeness (QED) is 0.850. The molecule has 1 aliphatic rings. The van der Waals surface area contributed by atoms with Crippen molar-refractivity contribution in [3.8, 4) is 11.5 Å². The molecule has 0 unspecified atom stereocenters. The van der Waals surface area contributed by atoms with Crippen LogP contribution in [0.25, 0.3) is 0 Å². The van der Waals surface area contributed by atoms with Crippen molar-refractivity contribution in [1.29, 1.82) is 0 Å². The lowest BCUT2D eigenvalue weighted by molar-refractivity contribution is -0.131. The molecule has 0 atom stereocenters. The summed E-state index contributed by atoms with van der Waals surface area (Å²) in [4.78, 5) is 25.6. The maximum atomic E-state index is 12.3. The van der Waals surface area contributed by atoms with Gasteiger partial charge in [-0.1, -0.05) is 0 Å². The van der Waals surface area contributed by atoms with Crippen LogP contribution in [0.15, 0.2) is 12.1 Å². The van der Waals surface area contributed by atoms with E-state index in [4.69, 9.17) is 9.47 Å². The van der Waals surface area contributed by atoms with E-state index in [9.17, 15) is 9.59 Å². The summed E-state index contributed by atoms with van der Waals surface area (Å²) in [6, 6.07) is 3.57. The normalized spacial score (nSPS) is 13.3. The molecule has 7 nitrogen and oxygen atoms in total. The molecule has 0 bridgehead atoms. The summed E-state index contributed by atoms with van der Waals surface area (Å²) in [5.41, 5.74) is 2.20. The fraction of sp³-hybridized carbons (Fsp3) is 0.529. The van der Waals surface area contributed by atoms with Crippen LogP contribution in [0.4, 0.5) is 4.79 Å². The third kappa shape index (κ3) is 4.31. The zero-order chi connectivity index (χ0) is 17.7. The highest BCUT2D eigenvalue weighted by atomic mass is 16.5. The van der Waals surface area contributed by atoms with Gasteiger partial charge in [0.2, 0.25) is 5.91 Å². The second kappa shape index (κ2) is 7.90. The number of rotatable bonds is 5. The summed E-state index contributed by atoms with van der Waals surface area (Å²) in [7, 11) is 3.20. The van der Waals surface area contributed by atoms with E-state index >= 15 is 0 Å². The summed E-state index contributed by atoms with van der Waals surface area (Å²) in [5, 5.41) is 5.28. The second-order valence-corrected chi connectivity index (χ2v) is 6.02. The Morgan fingerprint density at radius 1 is 1.17 bits per heavy atom. The first-order valence-electron chi connectivity index (χ1n) is 8.00. The molecular formula is C17H25N3O4. The molecule has 7 heteroatoms. The molecule has 0 saturated carbocycles. The van der Waals surface area contributed by atoms with Crippen LogP contribution in [-0.4, -0.2) is 50.2 Å². The first kappa shape index (κ1) is 17.9. The number of carbonyl (C=O) groups excluding carboxylic acids is 2. The monoisotopic (exact) mass is 335 g/mol. The molecule has 0 aliphatic carbocycles. The molecule has 0 spiro atoms. The summed E-state index contributed by atoms with van der Waals surface area (Å²) in [6.45, 7) is 4.84. The number of hydrogen-bond acceptors (Lipinski definition) is 4. The Kier molecular flexibility index (Phi) is 5.89. The molecule has 132 valence electrons. The van der Waals surface area contributed by atoms with Crippen molar-refractivity contribution in [1.82, 2.24) is 15.5 Å². The highest BCUT2D eigenvalue weighted by molar-refractivity contribution is 5.84. The van der Waals surface area contributed by atoms with E-state index in [1.54, 1.807) is 19.1 Å². The first-order valence-corrected chi connectivity index (χ1v) is 8.00. The molecule has 2 rings (SSSR count). The molecule has 1 heterocycles. The zero-order valence-corrected chi connectivity index (χ0v) is 14.6. The smallest absolute Gasteiger partial charge is 0.315 e. The van der Waals surface area contributed by atoms with Crippen LogP contribution in [0.3, 0.4) is 0 Å². The average Bonchev–Trinajstić information content (AvgIpc) is 2.57. The van der Waals surface area contributed by atoms with Gasteiger partial charge in [0.15, 0.2) is 11.5 Å². The third-order valence-electron chi connectivity index (χ3n) is 3.89. The summed E-state index contributed by atoms with van der Waals surface area (Å²) in [6.07, 6.45) is 0.750. The van der Waals surface area contributed by atoms with Crippen LogP contribution in [0.2, 0.25) is 0 Å². The van der Waals surface area contributed by atoms with Crippen LogP contribution < -0.4 is 20.1 Å². The van der Waals surface area contributed by atoms with Gasteiger partial charge in [0, 0.05) is 19.1 Å². The molecule has 1 aliphatic heterocycles. The van der Waals surface area contributed by atoms with Crippen LogP contribution in [0.1, 0.15) is 25.0 Å². The minimum atomic E-state index is -0.331. The number of fused-ring (bicyclic) bond motifs is 1. The Labute approximate surface area is 142 Å². The van der Waals surface area contributed by atoms with Gasteiger partial charge < -0.3 is 25.0 Å². The SMILES string of the molecule is COc1cc2c(cc1OC)CN(C(=O)CNC(=O)NC(C)C)CC2. The van der Waals surface area contributed by atoms with E-state index in [1.165, 1.54) is 0 Å². The van der Waals surface area contributed by atoms with Crippen molar-refractivity contribution >= 4 is 11.9 Å². The second-order valence-electron chi connectivity index (χ2n) is 6.02. The Hall–Kier alpha value is -2.44. The lowest BCUT2D eigenvalue weighted by Crippen LogP contribution is -2.46. The minimum absolute atomic E-state index is 0.0127. The molecule has 0 radical (unpaired) electrons. The Balaban J connectivity index is 1.99. The van der Waals surface area contributed by atoms with Crippen molar-refractivity contribution in [3.63, 3.8) is 0 Å². The predicted octanol–water partition coefficient (Wildman–Crippen LogP) is 1.30. The summed E-state index contributed by atoms with van der Waals surface area (Å²) >= 11 is 0. The molecule has 0 aromatic heterocycles. The molecule has 2 N–H and O–H groups in total. The fourth-order valence-electron chi connectivity index (χ4n) is 2.68. The number of nitrogens with one attached hydrogen (secondary N) is 2. The average molecular weight is 335 g/mol. The molecule has 1 aromatic carbocycles. The highest BCUT2D eigenvalue weighted by Crippen LogP contribution is 2.33. The standard InChI is InChI=1S/C17H25N3O4/c1-11(2)19-17(22)18-9-16(21)20-6-5-12-7-14(23-3)15(24-4)8-13(12)10-20/h7-8,11H,5-6,9-10H2,1-4H3,(H2,18,19,22). The van der Waals surface area contributed by atoms with Crippen molar-refractivity contribution in [2.75, 3.05) is 27.3 Å². The number of urea groups is 1. The van der Waals surface area contributed by atoms with E-state index in [0.29, 0.717) is 24.6 Å². The maximum Gasteiger partial charge on any atom is 0.315 e. The third-order valence-corrected chi connectivity index (χ3v) is 3.89. The van der Waals surface area contributed by atoms with Gasteiger partial charge in [0.1, 0.15) is 0 Å². The van der Waals surface area contributed by atoms with Gasteiger partial charge in [-0.2, -0.15) is 0 Å². The molecular weight excluding hydrogens is 310 g/mol. The topological polar surface area (TPSA) is 79.9 Å². The van der Waals surface area contributed by atoms with E-state index < -0.39 is 0 Å². The van der Waals surface area contributed by atoms with Crippen LogP contribution in [-0.2, 0) is 17.8 Å². The number of amides is 3. The van der Waals surface area contributed by atoms with Gasteiger partial charge in [-0.05, 0) is 43.5 Å². The summed E-state index contributed by atoms with van der Waals surface area (Å²) < 4.78 is 10.6. The number of nitrogens with zero attached hydrogens (tertiary/aromatic N) is 1. The van der Waals surface area contributed by atoms with Crippen molar-refractivity contribution in [2.24, 2.45) is 0 Å². The van der Waals surface area contributed by atoms with Crippen LogP contribution >= 0.6 is 0 Å². The lowest BCUT2D eigenvalue weighted by atomic mass is 9.98. The number of carbonyl (C=O) groups is 2. The fourth-order valence-corrected chi connectivity index (χ4v) is 2.68. The molecule has 3 amide bonds. The van der Waals surface area contributed by atoms with Crippen molar-refractivity contribution in [2.45, 2.75) is 32.9 Å². The van der Waals surface area contributed by atoms with Gasteiger partial charge in [-0.15, -0.1) is 0 Å². The van der Waals surface area contributed by atoms with E-state index in [2.05, 4.69) is 10.6 Å². The molecule has 0 fully saturated rings. The van der Waals surface area contributed by atoms with Crippen LogP contribution in [0, 0.1) is 0 Å². The van der Waals surface area contributed by atoms with Crippen molar-refractivity contribution in [3.05, 3.63) is 23.3 Å². The van der Waals surface area contributed by atoms with Gasteiger partial charge in [-0.25, -0.2) is 4.79 Å². The minimum Gasteiger partial charge on any atom is -0.493 e. The molecule has 24 heavy (non-hydrogen) atoms. The van der Waals surface area contributed by atoms with Gasteiger partial charge in [0.25, 0.3) is 0 Å². The van der Waals surface area contributed by atoms with E-state index in [1.807, 2.05) is 26.0 Å². The van der Waals surface area contributed by atoms with Crippen LogP contribution in [0.5, 0.6) is 11.5 Å².